The lowest BCUT2D eigenvalue weighted by Crippen LogP contribution is -1.90. The maximum absolute atomic E-state index is 4.70. The van der Waals surface area contributed by atoms with Crippen LogP contribution in [-0.2, 0) is 7.05 Å². The van der Waals surface area contributed by atoms with Crippen LogP contribution in [0.5, 0.6) is 0 Å². The number of fused-ring (bicyclic) bond motifs is 3. The largest absolute Gasteiger partial charge is 0.342 e. The molecule has 16 heavy (non-hydrogen) atoms. The second-order valence-electron chi connectivity index (χ2n) is 4.33. The van der Waals surface area contributed by atoms with Gasteiger partial charge >= 0.3 is 0 Å². The lowest BCUT2D eigenvalue weighted by Gasteiger charge is -2.01. The maximum Gasteiger partial charge on any atom is 0.0963 e. The second-order valence-corrected chi connectivity index (χ2v) is 4.33. The molecular formula is C14H14N2. The molecule has 0 bridgehead atoms. The Labute approximate surface area is 94.5 Å². The van der Waals surface area contributed by atoms with E-state index in [0.717, 1.165) is 11.2 Å². The Morgan fingerprint density at radius 3 is 2.62 bits per heavy atom. The van der Waals surface area contributed by atoms with Crippen molar-refractivity contribution in [1.29, 1.82) is 0 Å². The number of nitrogens with zero attached hydrogens (tertiary/aromatic N) is 2. The van der Waals surface area contributed by atoms with Crippen molar-refractivity contribution in [1.82, 2.24) is 9.55 Å². The number of hydrogen-bond acceptors (Lipinski definition) is 1. The van der Waals surface area contributed by atoms with Crippen molar-refractivity contribution in [2.45, 2.75) is 13.8 Å². The highest BCUT2D eigenvalue weighted by Crippen LogP contribution is 2.27. The number of pyridine rings is 1. The Morgan fingerprint density at radius 1 is 1.06 bits per heavy atom. The Bertz CT molecular complexity index is 693. The number of aryl methyl sites for hydroxylation is 3. The van der Waals surface area contributed by atoms with Gasteiger partial charge in [0.25, 0.3) is 0 Å². The van der Waals surface area contributed by atoms with Gasteiger partial charge in [0.1, 0.15) is 0 Å². The van der Waals surface area contributed by atoms with Crippen molar-refractivity contribution in [3.8, 4) is 0 Å². The molecule has 2 nitrogen and oxygen atoms in total. The molecule has 0 fully saturated rings. The van der Waals surface area contributed by atoms with Gasteiger partial charge in [-0.05, 0) is 31.5 Å². The minimum atomic E-state index is 1.11. The number of benzene rings is 1. The summed E-state index contributed by atoms with van der Waals surface area (Å²) in [5.74, 6) is 0. The molecule has 0 spiro atoms. The van der Waals surface area contributed by atoms with E-state index in [4.69, 9.17) is 4.98 Å². The van der Waals surface area contributed by atoms with Crippen LogP contribution < -0.4 is 0 Å². The summed E-state index contributed by atoms with van der Waals surface area (Å²) in [7, 11) is 2.10. The fraction of sp³-hybridized carbons (Fsp3) is 0.214. The minimum Gasteiger partial charge on any atom is -0.342 e. The van der Waals surface area contributed by atoms with Crippen LogP contribution in [0.4, 0.5) is 0 Å². The van der Waals surface area contributed by atoms with Crippen molar-refractivity contribution >= 4 is 21.9 Å². The number of para-hydroxylation sites is 1. The molecular weight excluding hydrogens is 196 g/mol. The zero-order valence-corrected chi connectivity index (χ0v) is 9.78. The summed E-state index contributed by atoms with van der Waals surface area (Å²) in [4.78, 5) is 4.70. The van der Waals surface area contributed by atoms with Crippen molar-refractivity contribution < 1.29 is 0 Å². The third kappa shape index (κ3) is 1.10. The first-order valence-corrected chi connectivity index (χ1v) is 5.50. The molecule has 0 atom stereocenters. The Balaban J connectivity index is 2.62. The zero-order valence-electron chi connectivity index (χ0n) is 9.78. The van der Waals surface area contributed by atoms with Crippen LogP contribution in [0.2, 0.25) is 0 Å². The monoisotopic (exact) mass is 210 g/mol. The van der Waals surface area contributed by atoms with E-state index in [2.05, 4.69) is 55.8 Å². The minimum absolute atomic E-state index is 1.11. The Morgan fingerprint density at radius 2 is 1.81 bits per heavy atom. The van der Waals surface area contributed by atoms with Gasteiger partial charge in [-0.15, -0.1) is 0 Å². The quantitative estimate of drug-likeness (QED) is 0.556. The van der Waals surface area contributed by atoms with E-state index in [1.54, 1.807) is 0 Å². The van der Waals surface area contributed by atoms with Crippen molar-refractivity contribution in [2.75, 3.05) is 0 Å². The zero-order chi connectivity index (χ0) is 11.3. The molecule has 0 unspecified atom stereocenters. The highest BCUT2D eigenvalue weighted by atomic mass is 15.0. The van der Waals surface area contributed by atoms with Gasteiger partial charge < -0.3 is 4.57 Å². The molecule has 0 saturated carbocycles. The number of hydrogen-bond donors (Lipinski definition) is 0. The lowest BCUT2D eigenvalue weighted by atomic mass is 10.2. The predicted molar refractivity (Wildman–Crippen MR) is 67.7 cm³/mol. The predicted octanol–water partition coefficient (Wildman–Crippen LogP) is 3.34. The van der Waals surface area contributed by atoms with Gasteiger partial charge in [0.05, 0.1) is 16.6 Å². The highest BCUT2D eigenvalue weighted by molar-refractivity contribution is 6.05. The van der Waals surface area contributed by atoms with Crippen molar-refractivity contribution in [2.24, 2.45) is 7.05 Å². The molecule has 2 heteroatoms. The Hall–Kier alpha value is -1.83. The summed E-state index contributed by atoms with van der Waals surface area (Å²) in [5.41, 5.74) is 5.93. The van der Waals surface area contributed by atoms with Crippen LogP contribution in [0.1, 0.15) is 11.3 Å². The molecule has 2 heterocycles. The third-order valence-corrected chi connectivity index (χ3v) is 3.33. The smallest absolute Gasteiger partial charge is 0.0963 e. The molecule has 3 aromatic rings. The molecule has 2 aromatic heterocycles. The molecule has 0 amide bonds. The average Bonchev–Trinajstić information content (AvgIpc) is 2.55. The van der Waals surface area contributed by atoms with Gasteiger partial charge in [-0.2, -0.15) is 0 Å². The highest BCUT2D eigenvalue weighted by Gasteiger charge is 2.09. The van der Waals surface area contributed by atoms with Crippen molar-refractivity contribution in [3.63, 3.8) is 0 Å². The fourth-order valence-electron chi connectivity index (χ4n) is 2.24. The standard InChI is InChI=1S/C14H14N2/c1-9-8-13-14(15-10(9)2)11-6-4-5-7-12(11)16(13)3/h4-8H,1-3H3. The third-order valence-electron chi connectivity index (χ3n) is 3.33. The Kier molecular flexibility index (Phi) is 1.81. The van der Waals surface area contributed by atoms with Crippen LogP contribution in [0, 0.1) is 13.8 Å². The van der Waals surface area contributed by atoms with Gasteiger partial charge in [-0.3, -0.25) is 4.98 Å². The SMILES string of the molecule is Cc1cc2c(nc1C)c1ccccc1n2C. The molecule has 0 saturated heterocycles. The van der Waals surface area contributed by atoms with Crippen LogP contribution in [0.3, 0.4) is 0 Å². The van der Waals surface area contributed by atoms with Gasteiger partial charge in [-0.1, -0.05) is 18.2 Å². The molecule has 0 aliphatic rings. The number of rotatable bonds is 0. The molecule has 0 aliphatic heterocycles. The second kappa shape index (κ2) is 3.08. The summed E-state index contributed by atoms with van der Waals surface area (Å²) >= 11 is 0. The number of aromatic nitrogens is 2. The van der Waals surface area contributed by atoms with E-state index in [1.807, 2.05) is 0 Å². The van der Waals surface area contributed by atoms with Gasteiger partial charge in [0.15, 0.2) is 0 Å². The molecule has 80 valence electrons. The average molecular weight is 210 g/mol. The molecule has 1 aromatic carbocycles. The van der Waals surface area contributed by atoms with E-state index < -0.39 is 0 Å². The van der Waals surface area contributed by atoms with Gasteiger partial charge in [-0.25, -0.2) is 0 Å². The first-order valence-electron chi connectivity index (χ1n) is 5.50. The molecule has 3 rings (SSSR count). The molecule has 0 N–H and O–H groups in total. The van der Waals surface area contributed by atoms with Crippen LogP contribution >= 0.6 is 0 Å². The maximum atomic E-state index is 4.70. The summed E-state index contributed by atoms with van der Waals surface area (Å²) < 4.78 is 2.21. The van der Waals surface area contributed by atoms with E-state index in [0.29, 0.717) is 0 Å². The fourth-order valence-corrected chi connectivity index (χ4v) is 2.24. The first-order chi connectivity index (χ1) is 7.68. The van der Waals surface area contributed by atoms with Crippen LogP contribution in [-0.4, -0.2) is 9.55 Å². The van der Waals surface area contributed by atoms with Crippen LogP contribution in [0.25, 0.3) is 21.9 Å². The van der Waals surface area contributed by atoms with E-state index in [9.17, 15) is 0 Å². The normalized spacial score (nSPS) is 11.4. The van der Waals surface area contributed by atoms with Gasteiger partial charge in [0.2, 0.25) is 0 Å². The topological polar surface area (TPSA) is 17.8 Å². The molecule has 0 radical (unpaired) electrons. The van der Waals surface area contributed by atoms with Gasteiger partial charge in [0, 0.05) is 18.1 Å². The molecule has 0 aliphatic carbocycles. The summed E-state index contributed by atoms with van der Waals surface area (Å²) in [6, 6.07) is 10.6. The first kappa shape index (κ1) is 9.40. The summed E-state index contributed by atoms with van der Waals surface area (Å²) in [6.45, 7) is 4.18. The van der Waals surface area contributed by atoms with E-state index in [1.165, 1.54) is 22.0 Å². The van der Waals surface area contributed by atoms with E-state index >= 15 is 0 Å². The van der Waals surface area contributed by atoms with E-state index in [-0.39, 0.29) is 0 Å². The summed E-state index contributed by atoms with van der Waals surface area (Å²) in [6.07, 6.45) is 0. The summed E-state index contributed by atoms with van der Waals surface area (Å²) in [5, 5.41) is 1.24. The lowest BCUT2D eigenvalue weighted by molar-refractivity contribution is 1.01. The van der Waals surface area contributed by atoms with Crippen molar-refractivity contribution in [3.05, 3.63) is 41.6 Å². The van der Waals surface area contributed by atoms with Crippen LogP contribution in [0.15, 0.2) is 30.3 Å².